The molecule has 0 bridgehead atoms. The van der Waals surface area contributed by atoms with E-state index in [1.54, 1.807) is 0 Å². The summed E-state index contributed by atoms with van der Waals surface area (Å²) in [6.45, 7) is 0.597. The molecule has 5 rings (SSSR count). The molecule has 1 aromatic carbocycles. The fraction of sp³-hybridized carbons (Fsp3) is 0.440. The number of amides is 3. The Bertz CT molecular complexity index is 1190. The fourth-order valence-corrected chi connectivity index (χ4v) is 4.55. The van der Waals surface area contributed by atoms with Crippen LogP contribution >= 0.6 is 0 Å². The lowest BCUT2D eigenvalue weighted by molar-refractivity contribution is -0.125. The lowest BCUT2D eigenvalue weighted by Gasteiger charge is -2.21. The van der Waals surface area contributed by atoms with Crippen molar-refractivity contribution >= 4 is 34.2 Å². The zero-order valence-electron chi connectivity index (χ0n) is 18.3. The Hall–Kier alpha value is -3.60. The van der Waals surface area contributed by atoms with E-state index in [1.807, 2.05) is 24.3 Å². The molecule has 3 aliphatic rings. The summed E-state index contributed by atoms with van der Waals surface area (Å²) in [6, 6.07) is 8.38. The molecule has 3 unspecified atom stereocenters. The summed E-state index contributed by atoms with van der Waals surface area (Å²) in [6.07, 6.45) is 6.67. The zero-order valence-corrected chi connectivity index (χ0v) is 18.3. The van der Waals surface area contributed by atoms with E-state index >= 15 is 0 Å². The van der Waals surface area contributed by atoms with Crippen LogP contribution in [0.25, 0.3) is 16.5 Å². The first-order valence-electron chi connectivity index (χ1n) is 11.6. The second-order valence-electron chi connectivity index (χ2n) is 9.29. The minimum absolute atomic E-state index is 0.0764. The molecule has 1 aromatic heterocycles. The summed E-state index contributed by atoms with van der Waals surface area (Å²) in [7, 11) is 0. The number of hydrogen-bond acceptors (Lipinski definition) is 4. The summed E-state index contributed by atoms with van der Waals surface area (Å²) in [4.78, 5) is 41.1. The number of nitrogens with zero attached hydrogens (tertiary/aromatic N) is 1. The van der Waals surface area contributed by atoms with Gasteiger partial charge in [0, 0.05) is 23.4 Å². The van der Waals surface area contributed by atoms with Crippen molar-refractivity contribution in [2.24, 2.45) is 11.8 Å². The van der Waals surface area contributed by atoms with Crippen LogP contribution in [0, 0.1) is 23.2 Å². The zero-order chi connectivity index (χ0) is 22.9. The number of hydrogen-bond donors (Lipinski definition) is 4. The maximum atomic E-state index is 13.0. The Morgan fingerprint density at radius 1 is 1.18 bits per heavy atom. The quantitative estimate of drug-likeness (QED) is 0.473. The lowest BCUT2D eigenvalue weighted by Crippen LogP contribution is -2.50. The fourth-order valence-electron chi connectivity index (χ4n) is 4.55. The van der Waals surface area contributed by atoms with Crippen LogP contribution in [0.15, 0.2) is 30.3 Å². The summed E-state index contributed by atoms with van der Waals surface area (Å²) in [5.41, 5.74) is 3.69. The highest BCUT2D eigenvalue weighted by Gasteiger charge is 2.33. The molecular weight excluding hydrogens is 418 g/mol. The first-order valence-corrected chi connectivity index (χ1v) is 11.6. The Morgan fingerprint density at radius 3 is 2.67 bits per heavy atom. The van der Waals surface area contributed by atoms with Crippen molar-refractivity contribution in [2.75, 3.05) is 6.54 Å². The third kappa shape index (κ3) is 4.77. The highest BCUT2D eigenvalue weighted by Crippen LogP contribution is 2.36. The summed E-state index contributed by atoms with van der Waals surface area (Å²) < 4.78 is 0. The van der Waals surface area contributed by atoms with Gasteiger partial charge in [0.25, 0.3) is 5.91 Å². The van der Waals surface area contributed by atoms with Crippen molar-refractivity contribution in [1.29, 1.82) is 5.26 Å². The highest BCUT2D eigenvalue weighted by molar-refractivity contribution is 6.03. The Kier molecular flexibility index (Phi) is 5.63. The summed E-state index contributed by atoms with van der Waals surface area (Å²) in [5.74, 6) is -0.661. The van der Waals surface area contributed by atoms with Gasteiger partial charge in [0.05, 0.1) is 6.07 Å². The largest absolute Gasteiger partial charge is 0.356 e. The van der Waals surface area contributed by atoms with Gasteiger partial charge in [0.15, 0.2) is 0 Å². The minimum atomic E-state index is -0.771. The van der Waals surface area contributed by atoms with Crippen molar-refractivity contribution in [2.45, 2.75) is 50.6 Å². The maximum absolute atomic E-state index is 13.0. The molecule has 1 aliphatic heterocycles. The first-order chi connectivity index (χ1) is 16.0. The second kappa shape index (κ2) is 8.74. The van der Waals surface area contributed by atoms with E-state index < -0.39 is 12.1 Å². The van der Waals surface area contributed by atoms with E-state index in [-0.39, 0.29) is 30.1 Å². The van der Waals surface area contributed by atoms with E-state index in [0.717, 1.165) is 35.7 Å². The second-order valence-corrected chi connectivity index (χ2v) is 9.29. The van der Waals surface area contributed by atoms with Crippen molar-refractivity contribution in [3.8, 4) is 6.07 Å². The molecule has 0 spiro atoms. The molecule has 170 valence electrons. The van der Waals surface area contributed by atoms with Gasteiger partial charge in [-0.25, -0.2) is 0 Å². The Labute approximate surface area is 191 Å². The molecule has 0 radical (unpaired) electrons. The number of aromatic amines is 1. The molecule has 2 fully saturated rings. The topological polar surface area (TPSA) is 127 Å². The molecule has 2 aliphatic carbocycles. The van der Waals surface area contributed by atoms with Gasteiger partial charge in [-0.15, -0.1) is 0 Å². The van der Waals surface area contributed by atoms with Crippen LogP contribution in [-0.4, -0.2) is 41.3 Å². The van der Waals surface area contributed by atoms with E-state index in [1.165, 1.54) is 5.57 Å². The first kappa shape index (κ1) is 21.3. The molecule has 4 N–H and O–H groups in total. The van der Waals surface area contributed by atoms with E-state index in [0.29, 0.717) is 31.0 Å². The van der Waals surface area contributed by atoms with E-state index in [4.69, 9.17) is 0 Å². The van der Waals surface area contributed by atoms with Gasteiger partial charge in [-0.3, -0.25) is 14.4 Å². The SMILES string of the molecule is N#CC(CC1CCNC1=O)NC(=O)C(CC1CC1)NC(=O)c1cc2c(C3=CC3)cccc2[nH]1. The number of aromatic nitrogens is 1. The van der Waals surface area contributed by atoms with E-state index in [9.17, 15) is 19.6 Å². The van der Waals surface area contributed by atoms with Crippen molar-refractivity contribution in [3.05, 3.63) is 41.6 Å². The predicted molar refractivity (Wildman–Crippen MR) is 123 cm³/mol. The third-order valence-electron chi connectivity index (χ3n) is 6.71. The monoisotopic (exact) mass is 445 g/mol. The standard InChI is InChI=1S/C25H27N5O3/c26-13-17(11-16-8-9-27-23(16)31)28-24(32)21(10-14-4-5-14)30-25(33)22-12-19-18(15-6-7-15)2-1-3-20(19)29-22/h1-3,6,12,14,16-17,21,29H,4-5,7-11H2,(H,27,31)(H,28,32)(H,30,33). The van der Waals surface area contributed by atoms with Gasteiger partial charge in [0.1, 0.15) is 17.8 Å². The van der Waals surface area contributed by atoms with Crippen LogP contribution in [0.3, 0.4) is 0 Å². The predicted octanol–water partition coefficient (Wildman–Crippen LogP) is 2.39. The summed E-state index contributed by atoms with van der Waals surface area (Å²) in [5, 5.41) is 18.9. The molecule has 3 atom stereocenters. The Morgan fingerprint density at radius 2 is 2.00 bits per heavy atom. The maximum Gasteiger partial charge on any atom is 0.268 e. The summed E-state index contributed by atoms with van der Waals surface area (Å²) >= 11 is 0. The third-order valence-corrected chi connectivity index (χ3v) is 6.71. The molecule has 8 nitrogen and oxygen atoms in total. The van der Waals surface area contributed by atoms with Gasteiger partial charge < -0.3 is 20.9 Å². The van der Waals surface area contributed by atoms with Crippen LogP contribution < -0.4 is 16.0 Å². The van der Waals surface area contributed by atoms with Gasteiger partial charge in [-0.2, -0.15) is 5.26 Å². The number of carbonyl (C=O) groups excluding carboxylic acids is 3. The smallest absolute Gasteiger partial charge is 0.268 e. The van der Waals surface area contributed by atoms with Crippen molar-refractivity contribution in [1.82, 2.24) is 20.9 Å². The molecule has 3 amide bonds. The highest BCUT2D eigenvalue weighted by atomic mass is 16.2. The van der Waals surface area contributed by atoms with Crippen LogP contribution in [0.5, 0.6) is 0 Å². The van der Waals surface area contributed by atoms with Gasteiger partial charge >= 0.3 is 0 Å². The number of rotatable bonds is 9. The van der Waals surface area contributed by atoms with Crippen LogP contribution in [0.1, 0.15) is 54.6 Å². The van der Waals surface area contributed by atoms with Crippen LogP contribution in [0.4, 0.5) is 0 Å². The van der Waals surface area contributed by atoms with Crippen LogP contribution in [-0.2, 0) is 9.59 Å². The minimum Gasteiger partial charge on any atom is -0.356 e. The molecule has 1 saturated heterocycles. The number of benzene rings is 1. The number of allylic oxidation sites excluding steroid dienone is 2. The van der Waals surface area contributed by atoms with Crippen molar-refractivity contribution in [3.63, 3.8) is 0 Å². The number of H-pyrrole nitrogens is 1. The van der Waals surface area contributed by atoms with Crippen LogP contribution in [0.2, 0.25) is 0 Å². The molecule has 33 heavy (non-hydrogen) atoms. The average Bonchev–Trinajstić information content (AvgIpc) is 3.73. The molecule has 2 heterocycles. The Balaban J connectivity index is 1.28. The van der Waals surface area contributed by atoms with Crippen molar-refractivity contribution < 1.29 is 14.4 Å². The van der Waals surface area contributed by atoms with Gasteiger partial charge in [-0.1, -0.05) is 31.1 Å². The lowest BCUT2D eigenvalue weighted by atomic mass is 9.98. The number of nitrogens with one attached hydrogen (secondary N) is 4. The number of fused-ring (bicyclic) bond motifs is 1. The number of nitriles is 1. The molecular formula is C25H27N5O3. The van der Waals surface area contributed by atoms with Gasteiger partial charge in [-0.05, 0) is 54.9 Å². The van der Waals surface area contributed by atoms with E-state index in [2.05, 4.69) is 33.1 Å². The normalized spacial score (nSPS) is 21.0. The molecule has 2 aromatic rings. The molecule has 8 heteroatoms. The molecule has 1 saturated carbocycles. The average molecular weight is 446 g/mol. The van der Waals surface area contributed by atoms with Gasteiger partial charge in [0.2, 0.25) is 11.8 Å². The number of carbonyl (C=O) groups is 3.